The number of aliphatic hydroxyl groups is 6. The molecule has 2 fully saturated rings. The van der Waals surface area contributed by atoms with Crippen LogP contribution >= 0.6 is 0 Å². The van der Waals surface area contributed by atoms with Crippen LogP contribution in [0.15, 0.2) is 11.8 Å². The fourth-order valence-electron chi connectivity index (χ4n) is 5.95. The molecule has 0 radical (unpaired) electrons. The molecule has 16 nitrogen and oxygen atoms in total. The van der Waals surface area contributed by atoms with Crippen LogP contribution in [0.25, 0.3) is 0 Å². The van der Waals surface area contributed by atoms with Crippen molar-refractivity contribution in [2.75, 3.05) is 39.9 Å². The van der Waals surface area contributed by atoms with Crippen LogP contribution in [0.1, 0.15) is 26.2 Å². The lowest BCUT2D eigenvalue weighted by Gasteiger charge is -2.50. The molecule has 3 aliphatic rings. The molecule has 0 bridgehead atoms. The number of carbonyl (C=O) groups is 1. The predicted octanol–water partition coefficient (Wildman–Crippen LogP) is -5.73. The number of nitrogens with one attached hydrogen (secondary N) is 3. The number of carbonyl (C=O) groups excluding carboxylic acids is 1. The quantitative estimate of drug-likeness (QED) is 0.0930. The van der Waals surface area contributed by atoms with Crippen LogP contribution in [-0.2, 0) is 19.0 Å². The van der Waals surface area contributed by atoms with E-state index in [9.17, 15) is 30.3 Å². The van der Waals surface area contributed by atoms with Crippen LogP contribution in [0.4, 0.5) is 0 Å². The molecule has 15 N–H and O–H groups in total. The van der Waals surface area contributed by atoms with Crippen molar-refractivity contribution in [2.45, 2.75) is 98.9 Å². The minimum Gasteiger partial charge on any atom is -0.492 e. The second kappa shape index (κ2) is 15.5. The first-order valence-corrected chi connectivity index (χ1v) is 14.4. The third-order valence-electron chi connectivity index (χ3n) is 8.25. The van der Waals surface area contributed by atoms with Gasteiger partial charge in [-0.3, -0.25) is 4.79 Å². The van der Waals surface area contributed by atoms with E-state index in [4.69, 9.17) is 36.5 Å². The van der Waals surface area contributed by atoms with Crippen molar-refractivity contribution in [3.63, 3.8) is 0 Å². The summed E-state index contributed by atoms with van der Waals surface area (Å²) in [4.78, 5) is 12.7. The fraction of sp³-hybridized carbons (Fsp3) is 0.885. The summed E-state index contributed by atoms with van der Waals surface area (Å²) in [5.41, 5.74) is 17.1. The van der Waals surface area contributed by atoms with Gasteiger partial charge in [-0.15, -0.1) is 0 Å². The summed E-state index contributed by atoms with van der Waals surface area (Å²) >= 11 is 0. The van der Waals surface area contributed by atoms with Crippen LogP contribution in [0.5, 0.6) is 0 Å². The van der Waals surface area contributed by atoms with E-state index in [-0.39, 0.29) is 39.1 Å². The molecular formula is C26H50N6O10. The highest BCUT2D eigenvalue weighted by molar-refractivity contribution is 5.80. The number of ether oxygens (including phenoxy) is 3. The monoisotopic (exact) mass is 606 g/mol. The molecule has 1 amide bonds. The van der Waals surface area contributed by atoms with E-state index >= 15 is 0 Å². The van der Waals surface area contributed by atoms with E-state index in [1.54, 1.807) is 13.1 Å². The van der Waals surface area contributed by atoms with Gasteiger partial charge in [-0.25, -0.2) is 0 Å². The second-order valence-electron chi connectivity index (χ2n) is 11.7. The first-order chi connectivity index (χ1) is 19.8. The Hall–Kier alpha value is -1.51. The Morgan fingerprint density at radius 3 is 2.60 bits per heavy atom. The summed E-state index contributed by atoms with van der Waals surface area (Å²) in [7, 11) is 1.57. The van der Waals surface area contributed by atoms with Crippen molar-refractivity contribution in [2.24, 2.45) is 23.1 Å². The van der Waals surface area contributed by atoms with Crippen LogP contribution in [-0.4, -0.2) is 149 Å². The first-order valence-electron chi connectivity index (χ1n) is 14.4. The van der Waals surface area contributed by atoms with Crippen molar-refractivity contribution in [3.05, 3.63) is 11.8 Å². The van der Waals surface area contributed by atoms with Gasteiger partial charge in [0.2, 0.25) is 5.91 Å². The number of aliphatic hydroxyl groups excluding tert-OH is 5. The van der Waals surface area contributed by atoms with Crippen molar-refractivity contribution < 1.29 is 49.6 Å². The molecule has 2 heterocycles. The lowest BCUT2D eigenvalue weighted by atomic mass is 9.72. The van der Waals surface area contributed by atoms with Crippen LogP contribution in [0, 0.1) is 5.92 Å². The zero-order valence-electron chi connectivity index (χ0n) is 24.2. The molecule has 1 saturated carbocycles. The third kappa shape index (κ3) is 8.35. The van der Waals surface area contributed by atoms with Gasteiger partial charge in [-0.2, -0.15) is 0 Å². The molecule has 0 aromatic carbocycles. The van der Waals surface area contributed by atoms with Gasteiger partial charge in [0.15, 0.2) is 6.29 Å². The smallest absolute Gasteiger partial charge is 0.249 e. The van der Waals surface area contributed by atoms with Crippen LogP contribution in [0.2, 0.25) is 0 Å². The average molecular weight is 607 g/mol. The molecule has 42 heavy (non-hydrogen) atoms. The van der Waals surface area contributed by atoms with Gasteiger partial charge >= 0.3 is 0 Å². The number of hydrogen-bond acceptors (Lipinski definition) is 15. The maximum Gasteiger partial charge on any atom is 0.249 e. The van der Waals surface area contributed by atoms with Gasteiger partial charge in [0.05, 0.1) is 44.1 Å². The molecule has 0 spiro atoms. The number of amides is 1. The Morgan fingerprint density at radius 2 is 1.95 bits per heavy atom. The van der Waals surface area contributed by atoms with Gasteiger partial charge in [0, 0.05) is 24.5 Å². The van der Waals surface area contributed by atoms with E-state index in [0.717, 1.165) is 0 Å². The lowest BCUT2D eigenvalue weighted by molar-refractivity contribution is -0.297. The van der Waals surface area contributed by atoms with Crippen molar-refractivity contribution in [3.8, 4) is 0 Å². The van der Waals surface area contributed by atoms with E-state index in [2.05, 4.69) is 16.0 Å². The largest absolute Gasteiger partial charge is 0.492 e. The normalized spacial score (nSPS) is 40.5. The molecule has 0 aromatic heterocycles. The van der Waals surface area contributed by atoms with Gasteiger partial charge in [-0.05, 0) is 45.9 Å². The molecule has 3 rings (SSSR count). The topological polar surface area (TPSA) is 280 Å². The van der Waals surface area contributed by atoms with Gasteiger partial charge in [-0.1, -0.05) is 0 Å². The molecule has 0 aromatic rings. The minimum absolute atomic E-state index is 0.0218. The Balaban J connectivity index is 1.82. The summed E-state index contributed by atoms with van der Waals surface area (Å²) < 4.78 is 18.0. The summed E-state index contributed by atoms with van der Waals surface area (Å²) in [5, 5.41) is 70.7. The average Bonchev–Trinajstić information content (AvgIpc) is 2.93. The van der Waals surface area contributed by atoms with Gasteiger partial charge in [0.1, 0.15) is 35.8 Å². The molecule has 244 valence electrons. The Labute approximate surface area is 245 Å². The first kappa shape index (κ1) is 35.0. The standard InChI is InChI=1S/C26H50N6O10/c1-26(39)11-40-25(20(37)23(26)30-2)42-22-16(32-24(38)17(35)5-6-27)7-15(29)18(19(22)36)21-14(28)4-3-13(41-21)9-31-8-12(34)10-33/h3,12,14-23,25,30-31,33-37,39H,4-11,27-29H2,1-2H3,(H,32,38)/t12-,14+,15-,16+,17-,18?,19-,20+,21-,22-,23+,25+,26-/m0/s1. The minimum atomic E-state index is -1.41. The highest BCUT2D eigenvalue weighted by atomic mass is 16.7. The van der Waals surface area contributed by atoms with Crippen molar-refractivity contribution in [1.29, 1.82) is 0 Å². The molecule has 16 heteroatoms. The van der Waals surface area contributed by atoms with E-state index in [0.29, 0.717) is 12.2 Å². The predicted molar refractivity (Wildman–Crippen MR) is 149 cm³/mol. The molecule has 1 aliphatic carbocycles. The number of nitrogens with two attached hydrogens (primary N) is 3. The highest BCUT2D eigenvalue weighted by Crippen LogP contribution is 2.36. The van der Waals surface area contributed by atoms with Gasteiger partial charge < -0.3 is 78.0 Å². The van der Waals surface area contributed by atoms with E-state index in [1.807, 2.05) is 0 Å². The number of rotatable bonds is 13. The zero-order chi connectivity index (χ0) is 31.2. The number of hydrogen-bond donors (Lipinski definition) is 12. The summed E-state index contributed by atoms with van der Waals surface area (Å²) in [6.45, 7) is 1.39. The van der Waals surface area contributed by atoms with Gasteiger partial charge in [0.25, 0.3) is 0 Å². The summed E-state index contributed by atoms with van der Waals surface area (Å²) in [6.07, 6.45) is -5.90. The molecule has 1 unspecified atom stereocenters. The molecule has 13 atom stereocenters. The third-order valence-corrected chi connectivity index (χ3v) is 8.25. The van der Waals surface area contributed by atoms with E-state index < -0.39 is 91.1 Å². The van der Waals surface area contributed by atoms with Crippen LogP contribution < -0.4 is 33.2 Å². The summed E-state index contributed by atoms with van der Waals surface area (Å²) in [5.74, 6) is -0.970. The Bertz CT molecular complexity index is 900. The molecule has 1 saturated heterocycles. The molecular weight excluding hydrogens is 556 g/mol. The van der Waals surface area contributed by atoms with Crippen LogP contribution in [0.3, 0.4) is 0 Å². The Morgan fingerprint density at radius 1 is 1.24 bits per heavy atom. The zero-order valence-corrected chi connectivity index (χ0v) is 24.2. The van der Waals surface area contributed by atoms with Crippen molar-refractivity contribution in [1.82, 2.24) is 16.0 Å². The molecule has 2 aliphatic heterocycles. The summed E-state index contributed by atoms with van der Waals surface area (Å²) in [6, 6.07) is -2.98. The Kier molecular flexibility index (Phi) is 12.9. The maximum atomic E-state index is 12.7. The highest BCUT2D eigenvalue weighted by Gasteiger charge is 2.53. The lowest BCUT2D eigenvalue weighted by Crippen LogP contribution is -2.69. The van der Waals surface area contributed by atoms with Crippen molar-refractivity contribution >= 4 is 5.91 Å². The second-order valence-corrected chi connectivity index (χ2v) is 11.7. The fourth-order valence-corrected chi connectivity index (χ4v) is 5.95. The maximum absolute atomic E-state index is 12.7. The number of likely N-dealkylation sites (N-methyl/N-ethyl adjacent to an activating group) is 1. The SMILES string of the molecule is CN[C@@H]1[C@@H](O)[C@@H](O[C@H]2[C@H](NC(=O)[C@@H](O)CCN)C[C@H](N)C([C@H]3OC(CNC[C@H](O)CO)=CC[C@H]3N)[C@@H]2O)OC[C@]1(C)O. The van der Waals surface area contributed by atoms with E-state index in [1.165, 1.54) is 6.92 Å².